The molecule has 1 aromatic rings. The van der Waals surface area contributed by atoms with Crippen LogP contribution in [0.1, 0.15) is 43.9 Å². The molecule has 84 valence electrons. The molecule has 1 heterocycles. The van der Waals surface area contributed by atoms with Gasteiger partial charge in [-0.25, -0.2) is 0 Å². The van der Waals surface area contributed by atoms with E-state index in [1.165, 1.54) is 32.1 Å². The first-order valence-corrected chi connectivity index (χ1v) is 5.90. The molecule has 0 aliphatic heterocycles. The lowest BCUT2D eigenvalue weighted by atomic mass is 9.87. The largest absolute Gasteiger partial charge is 0.425 e. The molecule has 0 spiro atoms. The molecule has 1 aliphatic rings. The third kappa shape index (κ3) is 3.02. The molecule has 0 amide bonds. The van der Waals surface area contributed by atoms with Gasteiger partial charge in [0.2, 0.25) is 11.8 Å². The van der Waals surface area contributed by atoms with E-state index >= 15 is 0 Å². The quantitative estimate of drug-likeness (QED) is 0.819. The molecule has 0 radical (unpaired) electrons. The zero-order valence-corrected chi connectivity index (χ0v) is 9.11. The minimum absolute atomic E-state index is 0.574. The fourth-order valence-corrected chi connectivity index (χ4v) is 2.23. The summed E-state index contributed by atoms with van der Waals surface area (Å²) in [6.45, 7) is 0.574. The molecule has 1 fully saturated rings. The van der Waals surface area contributed by atoms with Crippen molar-refractivity contribution in [3.8, 4) is 0 Å². The molecule has 1 saturated carbocycles. The summed E-state index contributed by atoms with van der Waals surface area (Å²) in [7, 11) is 0. The molecule has 0 aromatic carbocycles. The first-order valence-electron chi connectivity index (χ1n) is 5.90. The highest BCUT2D eigenvalue weighted by atomic mass is 16.4. The van der Waals surface area contributed by atoms with Gasteiger partial charge in [-0.05, 0) is 18.8 Å². The van der Waals surface area contributed by atoms with Gasteiger partial charge in [-0.1, -0.05) is 19.3 Å². The van der Waals surface area contributed by atoms with Crippen LogP contribution in [0, 0.1) is 5.92 Å². The highest BCUT2D eigenvalue weighted by Gasteiger charge is 2.17. The standard InChI is InChI=1S/C11H19N3O/c12-7-6-10-13-14-11(15-10)8-9-4-2-1-3-5-9/h9H,1-8,12H2. The van der Waals surface area contributed by atoms with Crippen LogP contribution in [0.2, 0.25) is 0 Å². The molecule has 2 N–H and O–H groups in total. The Morgan fingerprint density at radius 2 is 1.87 bits per heavy atom. The number of aromatic nitrogens is 2. The van der Waals surface area contributed by atoms with E-state index in [-0.39, 0.29) is 0 Å². The first-order chi connectivity index (χ1) is 7.38. The van der Waals surface area contributed by atoms with Gasteiger partial charge in [0.25, 0.3) is 0 Å². The van der Waals surface area contributed by atoms with Gasteiger partial charge >= 0.3 is 0 Å². The Balaban J connectivity index is 1.86. The van der Waals surface area contributed by atoms with Crippen LogP contribution >= 0.6 is 0 Å². The monoisotopic (exact) mass is 209 g/mol. The molecule has 1 aliphatic carbocycles. The second-order valence-electron chi connectivity index (χ2n) is 4.34. The van der Waals surface area contributed by atoms with Gasteiger partial charge in [0.15, 0.2) is 0 Å². The molecule has 1 aromatic heterocycles. The fourth-order valence-electron chi connectivity index (χ4n) is 2.23. The molecule has 0 unspecified atom stereocenters. The van der Waals surface area contributed by atoms with Crippen LogP contribution in [0.4, 0.5) is 0 Å². The number of nitrogens with zero attached hydrogens (tertiary/aromatic N) is 2. The van der Waals surface area contributed by atoms with Crippen molar-refractivity contribution in [1.82, 2.24) is 10.2 Å². The molecule has 0 saturated heterocycles. The van der Waals surface area contributed by atoms with Gasteiger partial charge in [-0.3, -0.25) is 0 Å². The lowest BCUT2D eigenvalue weighted by Gasteiger charge is -2.19. The smallest absolute Gasteiger partial charge is 0.217 e. The molecular weight excluding hydrogens is 190 g/mol. The maximum absolute atomic E-state index is 5.52. The summed E-state index contributed by atoms with van der Waals surface area (Å²) in [5.74, 6) is 2.23. The zero-order chi connectivity index (χ0) is 10.5. The van der Waals surface area contributed by atoms with Crippen molar-refractivity contribution in [2.45, 2.75) is 44.9 Å². The predicted octanol–water partition coefficient (Wildman–Crippen LogP) is 1.69. The highest BCUT2D eigenvalue weighted by molar-refractivity contribution is 4.85. The van der Waals surface area contributed by atoms with Gasteiger partial charge in [-0.2, -0.15) is 0 Å². The van der Waals surface area contributed by atoms with Crippen molar-refractivity contribution in [2.24, 2.45) is 11.7 Å². The van der Waals surface area contributed by atoms with Crippen molar-refractivity contribution in [2.75, 3.05) is 6.54 Å². The van der Waals surface area contributed by atoms with Crippen LogP contribution in [-0.2, 0) is 12.8 Å². The van der Waals surface area contributed by atoms with Crippen LogP contribution in [0.5, 0.6) is 0 Å². The van der Waals surface area contributed by atoms with E-state index in [2.05, 4.69) is 10.2 Å². The lowest BCUT2D eigenvalue weighted by Crippen LogP contribution is -2.09. The van der Waals surface area contributed by atoms with E-state index in [1.807, 2.05) is 0 Å². The van der Waals surface area contributed by atoms with E-state index in [1.54, 1.807) is 0 Å². The molecule has 4 heteroatoms. The van der Waals surface area contributed by atoms with E-state index in [9.17, 15) is 0 Å². The highest BCUT2D eigenvalue weighted by Crippen LogP contribution is 2.26. The average Bonchev–Trinajstić information content (AvgIpc) is 2.68. The third-order valence-corrected chi connectivity index (χ3v) is 3.05. The Kier molecular flexibility index (Phi) is 3.72. The van der Waals surface area contributed by atoms with Crippen LogP contribution < -0.4 is 5.73 Å². The van der Waals surface area contributed by atoms with Crippen LogP contribution in [0.3, 0.4) is 0 Å². The number of hydrogen-bond acceptors (Lipinski definition) is 4. The summed E-state index contributed by atoms with van der Waals surface area (Å²) in [6.07, 6.45) is 8.38. The Hall–Kier alpha value is -0.900. The van der Waals surface area contributed by atoms with Crippen molar-refractivity contribution >= 4 is 0 Å². The average molecular weight is 209 g/mol. The van der Waals surface area contributed by atoms with Gasteiger partial charge < -0.3 is 10.2 Å². The number of nitrogens with two attached hydrogens (primary N) is 1. The van der Waals surface area contributed by atoms with Gasteiger partial charge in [-0.15, -0.1) is 10.2 Å². The molecule has 0 atom stereocenters. The SMILES string of the molecule is NCCc1nnc(CC2CCCCC2)o1. The molecule has 0 bridgehead atoms. The Morgan fingerprint density at radius 1 is 1.13 bits per heavy atom. The lowest BCUT2D eigenvalue weighted by molar-refractivity contribution is 0.324. The topological polar surface area (TPSA) is 64.9 Å². The summed E-state index contributed by atoms with van der Waals surface area (Å²) in [5.41, 5.74) is 5.43. The summed E-state index contributed by atoms with van der Waals surface area (Å²) in [5, 5.41) is 8.03. The molecule has 15 heavy (non-hydrogen) atoms. The maximum Gasteiger partial charge on any atom is 0.217 e. The summed E-state index contributed by atoms with van der Waals surface area (Å²) < 4.78 is 5.52. The predicted molar refractivity (Wildman–Crippen MR) is 57.3 cm³/mol. The van der Waals surface area contributed by atoms with E-state index in [0.29, 0.717) is 18.9 Å². The van der Waals surface area contributed by atoms with Gasteiger partial charge in [0, 0.05) is 19.4 Å². The number of rotatable bonds is 4. The van der Waals surface area contributed by atoms with Gasteiger partial charge in [0.05, 0.1) is 0 Å². The van der Waals surface area contributed by atoms with Crippen molar-refractivity contribution in [1.29, 1.82) is 0 Å². The van der Waals surface area contributed by atoms with Gasteiger partial charge in [0.1, 0.15) is 0 Å². The molecule has 4 nitrogen and oxygen atoms in total. The van der Waals surface area contributed by atoms with Crippen molar-refractivity contribution in [3.63, 3.8) is 0 Å². The van der Waals surface area contributed by atoms with Crippen molar-refractivity contribution in [3.05, 3.63) is 11.8 Å². The van der Waals surface area contributed by atoms with E-state index in [4.69, 9.17) is 10.2 Å². The van der Waals surface area contributed by atoms with Crippen LogP contribution in [0.15, 0.2) is 4.42 Å². The maximum atomic E-state index is 5.52. The van der Waals surface area contributed by atoms with E-state index < -0.39 is 0 Å². The Morgan fingerprint density at radius 3 is 2.60 bits per heavy atom. The van der Waals surface area contributed by atoms with Crippen LogP contribution in [-0.4, -0.2) is 16.7 Å². The normalized spacial score (nSPS) is 18.2. The number of hydrogen-bond donors (Lipinski definition) is 1. The van der Waals surface area contributed by atoms with Crippen molar-refractivity contribution < 1.29 is 4.42 Å². The minimum atomic E-state index is 0.574. The molecular formula is C11H19N3O. The molecule has 2 rings (SSSR count). The second kappa shape index (κ2) is 5.26. The summed E-state index contributed by atoms with van der Waals surface area (Å²) >= 11 is 0. The first kappa shape index (κ1) is 10.6. The summed E-state index contributed by atoms with van der Waals surface area (Å²) in [4.78, 5) is 0. The second-order valence-corrected chi connectivity index (χ2v) is 4.34. The Labute approximate surface area is 90.3 Å². The Bertz CT molecular complexity index is 292. The van der Waals surface area contributed by atoms with Crippen LogP contribution in [0.25, 0.3) is 0 Å². The third-order valence-electron chi connectivity index (χ3n) is 3.05. The fraction of sp³-hybridized carbons (Fsp3) is 0.818. The minimum Gasteiger partial charge on any atom is -0.425 e. The summed E-state index contributed by atoms with van der Waals surface area (Å²) in [6, 6.07) is 0. The van der Waals surface area contributed by atoms with E-state index in [0.717, 1.165) is 18.2 Å². The zero-order valence-electron chi connectivity index (χ0n) is 9.11.